The molecule has 0 unspecified atom stereocenters. The quantitative estimate of drug-likeness (QED) is 0.693. The SMILES string of the molecule is Cc1ccccc1CN1CCC(C(=O)NCCSCc2ccccc2)CC1. The molecule has 0 aliphatic carbocycles. The van der Waals surface area contributed by atoms with Crippen LogP contribution < -0.4 is 5.32 Å². The summed E-state index contributed by atoms with van der Waals surface area (Å²) in [7, 11) is 0. The first-order valence-corrected chi connectivity index (χ1v) is 11.0. The first-order chi connectivity index (χ1) is 13.2. The summed E-state index contributed by atoms with van der Waals surface area (Å²) in [5.74, 6) is 2.39. The van der Waals surface area contributed by atoms with Gasteiger partial charge in [0.1, 0.15) is 0 Å². The van der Waals surface area contributed by atoms with Gasteiger partial charge in [-0.25, -0.2) is 0 Å². The van der Waals surface area contributed by atoms with Crippen molar-refractivity contribution in [2.45, 2.75) is 32.1 Å². The molecule has 144 valence electrons. The van der Waals surface area contributed by atoms with Gasteiger partial charge < -0.3 is 5.32 Å². The molecule has 2 aromatic rings. The minimum atomic E-state index is 0.178. The van der Waals surface area contributed by atoms with Gasteiger partial charge >= 0.3 is 0 Å². The Morgan fingerprint density at radius 1 is 1.07 bits per heavy atom. The molecule has 1 fully saturated rings. The van der Waals surface area contributed by atoms with Gasteiger partial charge in [0.15, 0.2) is 0 Å². The number of piperidine rings is 1. The van der Waals surface area contributed by atoms with E-state index in [1.54, 1.807) is 0 Å². The zero-order valence-electron chi connectivity index (χ0n) is 16.2. The highest BCUT2D eigenvalue weighted by molar-refractivity contribution is 7.98. The van der Waals surface area contributed by atoms with Crippen molar-refractivity contribution in [3.05, 3.63) is 71.3 Å². The number of nitrogens with one attached hydrogen (secondary N) is 1. The van der Waals surface area contributed by atoms with E-state index < -0.39 is 0 Å². The Hall–Kier alpha value is -1.78. The van der Waals surface area contributed by atoms with Crippen molar-refractivity contribution in [3.63, 3.8) is 0 Å². The third-order valence-corrected chi connectivity index (χ3v) is 6.30. The van der Waals surface area contributed by atoms with Gasteiger partial charge in [-0.15, -0.1) is 0 Å². The van der Waals surface area contributed by atoms with E-state index in [2.05, 4.69) is 65.7 Å². The fraction of sp³-hybridized carbons (Fsp3) is 0.435. The van der Waals surface area contributed by atoms with Crippen LogP contribution in [0.2, 0.25) is 0 Å². The second-order valence-corrected chi connectivity index (χ2v) is 8.41. The van der Waals surface area contributed by atoms with Crippen molar-refractivity contribution < 1.29 is 4.79 Å². The van der Waals surface area contributed by atoms with E-state index >= 15 is 0 Å². The van der Waals surface area contributed by atoms with Crippen molar-refractivity contribution in [1.82, 2.24) is 10.2 Å². The molecule has 3 rings (SSSR count). The summed E-state index contributed by atoms with van der Waals surface area (Å²) in [6.07, 6.45) is 1.93. The molecule has 0 atom stereocenters. The molecule has 0 spiro atoms. The van der Waals surface area contributed by atoms with E-state index in [0.29, 0.717) is 0 Å². The minimum Gasteiger partial charge on any atom is -0.355 e. The van der Waals surface area contributed by atoms with Crippen LogP contribution in [0.4, 0.5) is 0 Å². The molecular weight excluding hydrogens is 352 g/mol. The van der Waals surface area contributed by atoms with Gasteiger partial charge in [-0.3, -0.25) is 9.69 Å². The van der Waals surface area contributed by atoms with Crippen LogP contribution in [-0.4, -0.2) is 36.2 Å². The molecule has 1 saturated heterocycles. The molecule has 27 heavy (non-hydrogen) atoms. The van der Waals surface area contributed by atoms with Gasteiger partial charge in [-0.2, -0.15) is 11.8 Å². The van der Waals surface area contributed by atoms with E-state index in [0.717, 1.165) is 50.5 Å². The molecule has 0 saturated carbocycles. The molecule has 2 aromatic carbocycles. The van der Waals surface area contributed by atoms with Crippen LogP contribution in [0.25, 0.3) is 0 Å². The lowest BCUT2D eigenvalue weighted by Gasteiger charge is -2.31. The maximum absolute atomic E-state index is 12.4. The molecule has 3 nitrogen and oxygen atoms in total. The molecule has 1 heterocycles. The number of carbonyl (C=O) groups excluding carboxylic acids is 1. The number of amides is 1. The van der Waals surface area contributed by atoms with Crippen molar-refractivity contribution in [2.24, 2.45) is 5.92 Å². The Morgan fingerprint density at radius 3 is 2.52 bits per heavy atom. The van der Waals surface area contributed by atoms with E-state index in [9.17, 15) is 4.79 Å². The number of thioether (sulfide) groups is 1. The van der Waals surface area contributed by atoms with Crippen molar-refractivity contribution in [2.75, 3.05) is 25.4 Å². The summed E-state index contributed by atoms with van der Waals surface area (Å²) >= 11 is 1.87. The number of nitrogens with zero attached hydrogens (tertiary/aromatic N) is 1. The highest BCUT2D eigenvalue weighted by Gasteiger charge is 2.24. The summed E-state index contributed by atoms with van der Waals surface area (Å²) in [6.45, 7) is 5.95. The standard InChI is InChI=1S/C23H30N2OS/c1-19-7-5-6-10-22(19)17-25-14-11-21(12-15-25)23(26)24-13-16-27-18-20-8-3-2-4-9-20/h2-10,21H,11-18H2,1H3,(H,24,26). The molecule has 4 heteroatoms. The monoisotopic (exact) mass is 382 g/mol. The third kappa shape index (κ3) is 6.40. The van der Waals surface area contributed by atoms with Gasteiger partial charge in [0.05, 0.1) is 0 Å². The van der Waals surface area contributed by atoms with Crippen LogP contribution in [0.5, 0.6) is 0 Å². The zero-order chi connectivity index (χ0) is 18.9. The summed E-state index contributed by atoms with van der Waals surface area (Å²) in [5, 5.41) is 3.13. The fourth-order valence-electron chi connectivity index (χ4n) is 3.54. The van der Waals surface area contributed by atoms with Gasteiger partial charge in [0.25, 0.3) is 0 Å². The molecule has 0 bridgehead atoms. The normalized spacial score (nSPS) is 15.6. The average Bonchev–Trinajstić information content (AvgIpc) is 2.71. The first kappa shape index (κ1) is 20.0. The van der Waals surface area contributed by atoms with Crippen molar-refractivity contribution >= 4 is 17.7 Å². The summed E-state index contributed by atoms with van der Waals surface area (Å²) < 4.78 is 0. The van der Waals surface area contributed by atoms with E-state index in [4.69, 9.17) is 0 Å². The third-order valence-electron chi connectivity index (χ3n) is 5.27. The van der Waals surface area contributed by atoms with Crippen LogP contribution in [0.1, 0.15) is 29.5 Å². The molecular formula is C23H30N2OS. The maximum Gasteiger partial charge on any atom is 0.223 e. The van der Waals surface area contributed by atoms with E-state index in [1.165, 1.54) is 16.7 Å². The average molecular weight is 383 g/mol. The molecule has 0 radical (unpaired) electrons. The topological polar surface area (TPSA) is 32.3 Å². The van der Waals surface area contributed by atoms with Crippen LogP contribution in [0.15, 0.2) is 54.6 Å². The van der Waals surface area contributed by atoms with Crippen LogP contribution in [-0.2, 0) is 17.1 Å². The number of likely N-dealkylation sites (tertiary alicyclic amines) is 1. The number of aryl methyl sites for hydroxylation is 1. The second kappa shape index (κ2) is 10.5. The maximum atomic E-state index is 12.4. The predicted molar refractivity (Wildman–Crippen MR) is 115 cm³/mol. The molecule has 0 aromatic heterocycles. The summed E-state index contributed by atoms with van der Waals surface area (Å²) in [5.41, 5.74) is 4.09. The van der Waals surface area contributed by atoms with E-state index in [-0.39, 0.29) is 11.8 Å². The lowest BCUT2D eigenvalue weighted by Crippen LogP contribution is -2.40. The number of carbonyl (C=O) groups is 1. The van der Waals surface area contributed by atoms with Crippen LogP contribution in [0.3, 0.4) is 0 Å². The Kier molecular flexibility index (Phi) is 7.79. The van der Waals surface area contributed by atoms with Gasteiger partial charge in [0.2, 0.25) is 5.91 Å². The number of hydrogen-bond acceptors (Lipinski definition) is 3. The van der Waals surface area contributed by atoms with Crippen molar-refractivity contribution in [3.8, 4) is 0 Å². The van der Waals surface area contributed by atoms with Gasteiger partial charge in [-0.1, -0.05) is 54.6 Å². The highest BCUT2D eigenvalue weighted by Crippen LogP contribution is 2.20. The Morgan fingerprint density at radius 2 is 1.78 bits per heavy atom. The largest absolute Gasteiger partial charge is 0.355 e. The van der Waals surface area contributed by atoms with Crippen molar-refractivity contribution in [1.29, 1.82) is 0 Å². The van der Waals surface area contributed by atoms with Gasteiger partial charge in [0, 0.05) is 30.5 Å². The summed E-state index contributed by atoms with van der Waals surface area (Å²) in [4.78, 5) is 14.9. The van der Waals surface area contributed by atoms with E-state index in [1.807, 2.05) is 17.8 Å². The number of benzene rings is 2. The smallest absolute Gasteiger partial charge is 0.223 e. The number of hydrogen-bond donors (Lipinski definition) is 1. The van der Waals surface area contributed by atoms with Crippen LogP contribution >= 0.6 is 11.8 Å². The fourth-order valence-corrected chi connectivity index (χ4v) is 4.36. The van der Waals surface area contributed by atoms with Crippen LogP contribution in [0, 0.1) is 12.8 Å². The molecule has 1 amide bonds. The van der Waals surface area contributed by atoms with Gasteiger partial charge in [-0.05, 0) is 49.5 Å². The first-order valence-electron chi connectivity index (χ1n) is 9.88. The molecule has 1 aliphatic heterocycles. The Balaban J connectivity index is 1.31. The second-order valence-electron chi connectivity index (χ2n) is 7.31. The lowest BCUT2D eigenvalue weighted by molar-refractivity contribution is -0.126. The zero-order valence-corrected chi connectivity index (χ0v) is 17.0. The predicted octanol–water partition coefficient (Wildman–Crippen LogP) is 4.26. The minimum absolute atomic E-state index is 0.178. The molecule has 1 aliphatic rings. The summed E-state index contributed by atoms with van der Waals surface area (Å²) in [6, 6.07) is 19.1. The molecule has 1 N–H and O–H groups in total. The lowest BCUT2D eigenvalue weighted by atomic mass is 9.95. The Labute approximate surface area is 167 Å². The Bertz CT molecular complexity index is 711. The number of rotatable bonds is 8. The highest BCUT2D eigenvalue weighted by atomic mass is 32.2.